The lowest BCUT2D eigenvalue weighted by Crippen LogP contribution is -2.30. The number of furan rings is 1. The molecule has 2 heterocycles. The van der Waals surface area contributed by atoms with Gasteiger partial charge in [0.2, 0.25) is 5.91 Å². The number of hydrogen-bond donors (Lipinski definition) is 1. The molecule has 0 unspecified atom stereocenters. The van der Waals surface area contributed by atoms with Gasteiger partial charge in [-0.2, -0.15) is 13.2 Å². The predicted molar refractivity (Wildman–Crippen MR) is 101 cm³/mol. The van der Waals surface area contributed by atoms with E-state index in [-0.39, 0.29) is 28.3 Å². The molecular weight excluding hydrogens is 393 g/mol. The zero-order valence-corrected chi connectivity index (χ0v) is 16.6. The van der Waals surface area contributed by atoms with E-state index in [9.17, 15) is 18.0 Å². The molecule has 1 amide bonds. The van der Waals surface area contributed by atoms with Crippen LogP contribution in [0.3, 0.4) is 0 Å². The number of nitrogens with zero attached hydrogens (tertiary/aromatic N) is 3. The summed E-state index contributed by atoms with van der Waals surface area (Å²) in [5.41, 5.74) is -1.05. The molecule has 0 atom stereocenters. The first kappa shape index (κ1) is 22.2. The molecule has 2 rings (SSSR count). The molecule has 154 valence electrons. The Bertz CT molecular complexity index is 750. The molecule has 2 aromatic heterocycles. The van der Waals surface area contributed by atoms with Crippen LogP contribution in [0.5, 0.6) is 0 Å². The molecule has 0 saturated heterocycles. The Morgan fingerprint density at radius 2 is 2.04 bits per heavy atom. The topological polar surface area (TPSA) is 71.3 Å². The summed E-state index contributed by atoms with van der Waals surface area (Å²) in [6.07, 6.45) is -2.46. The lowest BCUT2D eigenvalue weighted by Gasteiger charge is -2.17. The van der Waals surface area contributed by atoms with E-state index >= 15 is 0 Å². The van der Waals surface area contributed by atoms with Crippen molar-refractivity contribution in [3.63, 3.8) is 0 Å². The molecule has 0 spiro atoms. The number of nitrogens with one attached hydrogen (secondary N) is 1. The van der Waals surface area contributed by atoms with Gasteiger partial charge < -0.3 is 14.6 Å². The number of aromatic nitrogens is 2. The van der Waals surface area contributed by atoms with E-state index < -0.39 is 11.9 Å². The van der Waals surface area contributed by atoms with Crippen LogP contribution in [-0.2, 0) is 11.0 Å². The third kappa shape index (κ3) is 6.83. The fourth-order valence-corrected chi connectivity index (χ4v) is 3.12. The Morgan fingerprint density at radius 1 is 1.29 bits per heavy atom. The van der Waals surface area contributed by atoms with Crippen molar-refractivity contribution >= 4 is 17.7 Å². The molecule has 6 nitrogen and oxygen atoms in total. The Labute approximate surface area is 165 Å². The van der Waals surface area contributed by atoms with Crippen LogP contribution in [0.4, 0.5) is 13.2 Å². The molecular formula is C18H23F3N4O2S. The minimum atomic E-state index is -4.62. The first-order valence-electron chi connectivity index (χ1n) is 8.95. The second-order valence-corrected chi connectivity index (χ2v) is 6.86. The van der Waals surface area contributed by atoms with Crippen LogP contribution in [0, 0.1) is 0 Å². The van der Waals surface area contributed by atoms with E-state index in [1.807, 2.05) is 0 Å². The van der Waals surface area contributed by atoms with Crippen molar-refractivity contribution in [3.05, 3.63) is 30.2 Å². The lowest BCUT2D eigenvalue weighted by molar-refractivity contribution is -0.141. The normalized spacial score (nSPS) is 11.8. The molecule has 0 bridgehead atoms. The van der Waals surface area contributed by atoms with Crippen molar-refractivity contribution in [1.29, 1.82) is 0 Å². The number of halogens is 3. The first-order valence-corrected chi connectivity index (χ1v) is 9.94. The number of rotatable bonds is 10. The Kier molecular flexibility index (Phi) is 8.31. The molecule has 10 heteroatoms. The van der Waals surface area contributed by atoms with E-state index in [0.29, 0.717) is 6.54 Å². The maximum absolute atomic E-state index is 13.1. The molecule has 2 aromatic rings. The fraction of sp³-hybridized carbons (Fsp3) is 0.500. The Balaban J connectivity index is 1.94. The monoisotopic (exact) mass is 416 g/mol. The smallest absolute Gasteiger partial charge is 0.433 e. The van der Waals surface area contributed by atoms with E-state index in [0.717, 1.165) is 43.9 Å². The van der Waals surface area contributed by atoms with Gasteiger partial charge in [0, 0.05) is 6.54 Å². The first-order chi connectivity index (χ1) is 13.3. The summed E-state index contributed by atoms with van der Waals surface area (Å²) in [6.45, 7) is 7.44. The average molecular weight is 416 g/mol. The largest absolute Gasteiger partial charge is 0.463 e. The van der Waals surface area contributed by atoms with E-state index in [4.69, 9.17) is 4.42 Å². The summed E-state index contributed by atoms with van der Waals surface area (Å²) in [4.78, 5) is 21.8. The Morgan fingerprint density at radius 3 is 2.64 bits per heavy atom. The highest BCUT2D eigenvalue weighted by Crippen LogP contribution is 2.32. The highest BCUT2D eigenvalue weighted by molar-refractivity contribution is 7.99. The predicted octanol–water partition coefficient (Wildman–Crippen LogP) is 3.70. The maximum Gasteiger partial charge on any atom is 0.433 e. The van der Waals surface area contributed by atoms with Gasteiger partial charge in [0.15, 0.2) is 10.9 Å². The van der Waals surface area contributed by atoms with Crippen LogP contribution in [-0.4, -0.2) is 52.7 Å². The van der Waals surface area contributed by atoms with Gasteiger partial charge in [-0.1, -0.05) is 25.6 Å². The summed E-state index contributed by atoms with van der Waals surface area (Å²) in [7, 11) is 0. The van der Waals surface area contributed by atoms with Gasteiger partial charge in [-0.15, -0.1) is 0 Å². The zero-order valence-electron chi connectivity index (χ0n) is 15.8. The van der Waals surface area contributed by atoms with Crippen LogP contribution in [0.25, 0.3) is 11.5 Å². The van der Waals surface area contributed by atoms with Crippen LogP contribution in [0.1, 0.15) is 26.0 Å². The molecule has 0 aromatic carbocycles. The SMILES string of the molecule is CCN(CC)CCCNC(=O)CSc1nc(-c2ccco2)cc(C(F)(F)F)n1. The average Bonchev–Trinajstić information content (AvgIpc) is 3.20. The van der Waals surface area contributed by atoms with E-state index in [1.165, 1.54) is 12.3 Å². The second kappa shape index (κ2) is 10.5. The minimum absolute atomic E-state index is 0.0226. The van der Waals surface area contributed by atoms with Gasteiger partial charge >= 0.3 is 6.18 Å². The van der Waals surface area contributed by atoms with Gasteiger partial charge in [0.1, 0.15) is 11.4 Å². The quantitative estimate of drug-likeness (QED) is 0.362. The van der Waals surface area contributed by atoms with Gasteiger partial charge in [-0.3, -0.25) is 4.79 Å². The van der Waals surface area contributed by atoms with Crippen molar-refractivity contribution < 1.29 is 22.4 Å². The van der Waals surface area contributed by atoms with Crippen molar-refractivity contribution in [2.24, 2.45) is 0 Å². The Hall–Kier alpha value is -2.07. The fourth-order valence-electron chi connectivity index (χ4n) is 2.44. The second-order valence-electron chi connectivity index (χ2n) is 5.92. The minimum Gasteiger partial charge on any atom is -0.463 e. The van der Waals surface area contributed by atoms with E-state index in [2.05, 4.69) is 34.0 Å². The number of thioether (sulfide) groups is 1. The van der Waals surface area contributed by atoms with Crippen molar-refractivity contribution in [1.82, 2.24) is 20.2 Å². The standard InChI is InChI=1S/C18H23F3N4O2S/c1-3-25(4-2)9-6-8-22-16(26)12-28-17-23-13(14-7-5-10-27-14)11-15(24-17)18(19,20)21/h5,7,10-11H,3-4,6,8-9,12H2,1-2H3,(H,22,26). The number of alkyl halides is 3. The molecule has 0 aliphatic carbocycles. The van der Waals surface area contributed by atoms with Crippen molar-refractivity contribution in [2.75, 3.05) is 31.9 Å². The number of amides is 1. The molecule has 0 aliphatic rings. The third-order valence-corrected chi connectivity index (χ3v) is 4.82. The van der Waals surface area contributed by atoms with Crippen LogP contribution in [0.2, 0.25) is 0 Å². The van der Waals surface area contributed by atoms with E-state index in [1.54, 1.807) is 6.07 Å². The highest BCUT2D eigenvalue weighted by atomic mass is 32.2. The summed E-state index contributed by atoms with van der Waals surface area (Å²) < 4.78 is 44.4. The van der Waals surface area contributed by atoms with Gasteiger partial charge in [-0.25, -0.2) is 9.97 Å². The molecule has 0 saturated carbocycles. The number of carbonyl (C=O) groups excluding carboxylic acids is 1. The number of carbonyl (C=O) groups is 1. The van der Waals surface area contributed by atoms with Crippen molar-refractivity contribution in [2.45, 2.75) is 31.6 Å². The maximum atomic E-state index is 13.1. The van der Waals surface area contributed by atoms with Crippen LogP contribution in [0.15, 0.2) is 34.0 Å². The highest BCUT2D eigenvalue weighted by Gasteiger charge is 2.34. The summed E-state index contributed by atoms with van der Waals surface area (Å²) in [5, 5.41) is 2.64. The summed E-state index contributed by atoms with van der Waals surface area (Å²) >= 11 is 0.857. The zero-order chi connectivity index (χ0) is 20.6. The molecule has 1 N–H and O–H groups in total. The van der Waals surface area contributed by atoms with Gasteiger partial charge in [-0.05, 0) is 44.3 Å². The van der Waals surface area contributed by atoms with Crippen LogP contribution >= 0.6 is 11.8 Å². The summed E-state index contributed by atoms with van der Waals surface area (Å²) in [6, 6.07) is 3.90. The molecule has 0 radical (unpaired) electrons. The summed E-state index contributed by atoms with van der Waals surface area (Å²) in [5.74, 6) is -0.134. The lowest BCUT2D eigenvalue weighted by atomic mass is 10.2. The third-order valence-electron chi connectivity index (χ3n) is 3.97. The molecule has 28 heavy (non-hydrogen) atoms. The van der Waals surface area contributed by atoms with Gasteiger partial charge in [0.05, 0.1) is 12.0 Å². The molecule has 0 aliphatic heterocycles. The number of hydrogen-bond acceptors (Lipinski definition) is 6. The van der Waals surface area contributed by atoms with Crippen LogP contribution < -0.4 is 5.32 Å². The van der Waals surface area contributed by atoms with Gasteiger partial charge in [0.25, 0.3) is 0 Å². The van der Waals surface area contributed by atoms with Crippen molar-refractivity contribution in [3.8, 4) is 11.5 Å². The molecule has 0 fully saturated rings.